The van der Waals surface area contributed by atoms with Gasteiger partial charge >= 0.3 is 5.97 Å². The Morgan fingerprint density at radius 3 is 2.50 bits per heavy atom. The Labute approximate surface area is 114 Å². The molecular formula is C13H14BrNO3. The number of carbonyl (C=O) groups is 2. The van der Waals surface area contributed by atoms with E-state index in [1.165, 1.54) is 0 Å². The Morgan fingerprint density at radius 1 is 1.39 bits per heavy atom. The van der Waals surface area contributed by atoms with Gasteiger partial charge in [0.25, 0.3) is 0 Å². The highest BCUT2D eigenvalue weighted by molar-refractivity contribution is 9.10. The fraction of sp³-hybridized carbons (Fsp3) is 0.385. The Balaban J connectivity index is 2.19. The summed E-state index contributed by atoms with van der Waals surface area (Å²) < 4.78 is 0.926. The zero-order valence-electron chi connectivity index (χ0n) is 10.00. The molecule has 0 atom stereocenters. The van der Waals surface area contributed by atoms with Gasteiger partial charge < -0.3 is 10.4 Å². The molecule has 0 unspecified atom stereocenters. The Hall–Kier alpha value is -1.36. The molecule has 18 heavy (non-hydrogen) atoms. The lowest BCUT2D eigenvalue weighted by Gasteiger charge is -2.35. The molecule has 0 aliphatic heterocycles. The molecule has 1 aromatic carbocycles. The van der Waals surface area contributed by atoms with Gasteiger partial charge in [0.15, 0.2) is 0 Å². The van der Waals surface area contributed by atoms with E-state index in [1.54, 1.807) is 6.07 Å². The Morgan fingerprint density at radius 2 is 2.06 bits per heavy atom. The van der Waals surface area contributed by atoms with Crippen LogP contribution in [0, 0.1) is 12.3 Å². The average molecular weight is 312 g/mol. The lowest BCUT2D eigenvalue weighted by molar-refractivity contribution is -0.159. The molecule has 0 spiro atoms. The van der Waals surface area contributed by atoms with Crippen LogP contribution in [0.2, 0.25) is 0 Å². The lowest BCUT2D eigenvalue weighted by atomic mass is 9.68. The summed E-state index contributed by atoms with van der Waals surface area (Å²) in [7, 11) is 0. The van der Waals surface area contributed by atoms with Crippen molar-refractivity contribution in [2.45, 2.75) is 26.2 Å². The molecular weight excluding hydrogens is 298 g/mol. The molecule has 0 bridgehead atoms. The van der Waals surface area contributed by atoms with Crippen LogP contribution in [0.25, 0.3) is 0 Å². The van der Waals surface area contributed by atoms with E-state index in [4.69, 9.17) is 0 Å². The molecule has 1 aromatic rings. The normalized spacial score (nSPS) is 16.8. The number of nitrogens with one attached hydrogen (secondary N) is 1. The fourth-order valence-corrected chi connectivity index (χ4v) is 2.55. The first-order valence-corrected chi connectivity index (χ1v) is 6.56. The second-order valence-electron chi connectivity index (χ2n) is 4.65. The summed E-state index contributed by atoms with van der Waals surface area (Å²) in [4.78, 5) is 23.3. The highest BCUT2D eigenvalue weighted by Crippen LogP contribution is 2.42. The predicted octanol–water partition coefficient (Wildman–Crippen LogP) is 2.95. The van der Waals surface area contributed by atoms with Crippen molar-refractivity contribution in [3.8, 4) is 0 Å². The van der Waals surface area contributed by atoms with E-state index in [9.17, 15) is 14.7 Å². The van der Waals surface area contributed by atoms with E-state index in [0.717, 1.165) is 16.5 Å². The SMILES string of the molecule is Cc1cc(Br)ccc1NC(=O)C1(C(=O)O)CCC1. The minimum Gasteiger partial charge on any atom is -0.480 e. The molecule has 1 aliphatic rings. The molecule has 0 radical (unpaired) electrons. The highest BCUT2D eigenvalue weighted by Gasteiger charge is 2.51. The minimum atomic E-state index is -1.22. The van der Waals surface area contributed by atoms with E-state index in [-0.39, 0.29) is 0 Å². The maximum atomic E-state index is 12.1. The number of rotatable bonds is 3. The van der Waals surface area contributed by atoms with Crippen molar-refractivity contribution in [2.24, 2.45) is 5.41 Å². The van der Waals surface area contributed by atoms with E-state index in [0.29, 0.717) is 18.5 Å². The number of halogens is 1. The van der Waals surface area contributed by atoms with Crippen molar-refractivity contribution in [3.05, 3.63) is 28.2 Å². The van der Waals surface area contributed by atoms with Gasteiger partial charge in [-0.1, -0.05) is 22.4 Å². The number of amides is 1. The van der Waals surface area contributed by atoms with Gasteiger partial charge in [0.05, 0.1) is 0 Å². The number of anilines is 1. The summed E-state index contributed by atoms with van der Waals surface area (Å²) in [6, 6.07) is 5.46. The number of hydrogen-bond acceptors (Lipinski definition) is 2. The third kappa shape index (κ3) is 2.14. The summed E-state index contributed by atoms with van der Waals surface area (Å²) in [6.07, 6.45) is 1.63. The summed E-state index contributed by atoms with van der Waals surface area (Å²) in [5, 5.41) is 11.9. The number of benzene rings is 1. The van der Waals surface area contributed by atoms with Crippen LogP contribution < -0.4 is 5.32 Å². The van der Waals surface area contributed by atoms with Crippen molar-refractivity contribution in [2.75, 3.05) is 5.32 Å². The fourth-order valence-electron chi connectivity index (χ4n) is 2.08. The van der Waals surface area contributed by atoms with Gasteiger partial charge in [-0.3, -0.25) is 9.59 Å². The molecule has 1 saturated carbocycles. The maximum absolute atomic E-state index is 12.1. The second kappa shape index (κ2) is 4.72. The van der Waals surface area contributed by atoms with E-state index in [2.05, 4.69) is 21.2 Å². The largest absolute Gasteiger partial charge is 0.480 e. The van der Waals surface area contributed by atoms with Gasteiger partial charge in [0, 0.05) is 10.2 Å². The lowest BCUT2D eigenvalue weighted by Crippen LogP contribution is -2.48. The molecule has 5 heteroatoms. The van der Waals surface area contributed by atoms with Crippen LogP contribution in [0.5, 0.6) is 0 Å². The monoisotopic (exact) mass is 311 g/mol. The molecule has 1 amide bonds. The van der Waals surface area contributed by atoms with Gasteiger partial charge in [-0.05, 0) is 43.5 Å². The highest BCUT2D eigenvalue weighted by atomic mass is 79.9. The maximum Gasteiger partial charge on any atom is 0.319 e. The number of aryl methyl sites for hydroxylation is 1. The number of aliphatic carboxylic acids is 1. The van der Waals surface area contributed by atoms with Crippen LogP contribution in [-0.2, 0) is 9.59 Å². The topological polar surface area (TPSA) is 66.4 Å². The van der Waals surface area contributed by atoms with Crippen LogP contribution in [-0.4, -0.2) is 17.0 Å². The molecule has 4 nitrogen and oxygen atoms in total. The first-order valence-electron chi connectivity index (χ1n) is 5.77. The number of carboxylic acid groups (broad SMARTS) is 1. The summed E-state index contributed by atoms with van der Waals surface area (Å²) in [5.41, 5.74) is 0.341. The molecule has 0 saturated heterocycles. The number of carbonyl (C=O) groups excluding carboxylic acids is 1. The van der Waals surface area contributed by atoms with Crippen molar-refractivity contribution in [1.82, 2.24) is 0 Å². The molecule has 96 valence electrons. The summed E-state index contributed by atoms with van der Waals surface area (Å²) in [6.45, 7) is 1.87. The number of hydrogen-bond donors (Lipinski definition) is 2. The summed E-state index contributed by atoms with van der Waals surface area (Å²) in [5.74, 6) is -1.44. The third-order valence-electron chi connectivity index (χ3n) is 3.49. The Bertz CT molecular complexity index is 509. The molecule has 2 N–H and O–H groups in total. The standard InChI is InChI=1S/C13H14BrNO3/c1-8-7-9(14)3-4-10(8)15-11(16)13(12(17)18)5-2-6-13/h3-4,7H,2,5-6H2,1H3,(H,15,16)(H,17,18). The van der Waals surface area contributed by atoms with Crippen LogP contribution >= 0.6 is 15.9 Å². The van der Waals surface area contributed by atoms with E-state index >= 15 is 0 Å². The average Bonchev–Trinajstić information content (AvgIpc) is 2.19. The minimum absolute atomic E-state index is 0.410. The zero-order valence-corrected chi connectivity index (χ0v) is 11.6. The van der Waals surface area contributed by atoms with E-state index in [1.807, 2.05) is 19.1 Å². The Kier molecular flexibility index (Phi) is 3.43. The van der Waals surface area contributed by atoms with Gasteiger partial charge in [-0.25, -0.2) is 0 Å². The number of carboxylic acids is 1. The molecule has 0 heterocycles. The summed E-state index contributed by atoms with van der Waals surface area (Å²) >= 11 is 3.34. The zero-order chi connectivity index (χ0) is 13.3. The van der Waals surface area contributed by atoms with Gasteiger partial charge in [0.1, 0.15) is 5.41 Å². The molecule has 0 aromatic heterocycles. The van der Waals surface area contributed by atoms with Crippen molar-refractivity contribution in [3.63, 3.8) is 0 Å². The van der Waals surface area contributed by atoms with Gasteiger partial charge in [0.2, 0.25) is 5.91 Å². The van der Waals surface area contributed by atoms with Crippen LogP contribution in [0.4, 0.5) is 5.69 Å². The van der Waals surface area contributed by atoms with Gasteiger partial charge in [-0.15, -0.1) is 0 Å². The van der Waals surface area contributed by atoms with Crippen LogP contribution in [0.15, 0.2) is 22.7 Å². The van der Waals surface area contributed by atoms with Crippen LogP contribution in [0.1, 0.15) is 24.8 Å². The van der Waals surface area contributed by atoms with Crippen molar-refractivity contribution < 1.29 is 14.7 Å². The van der Waals surface area contributed by atoms with E-state index < -0.39 is 17.3 Å². The second-order valence-corrected chi connectivity index (χ2v) is 5.57. The smallest absolute Gasteiger partial charge is 0.319 e. The third-order valence-corrected chi connectivity index (χ3v) is 3.98. The van der Waals surface area contributed by atoms with Crippen LogP contribution in [0.3, 0.4) is 0 Å². The van der Waals surface area contributed by atoms with Crippen molar-refractivity contribution in [1.29, 1.82) is 0 Å². The van der Waals surface area contributed by atoms with Crippen molar-refractivity contribution >= 4 is 33.5 Å². The first kappa shape index (κ1) is 13.1. The van der Waals surface area contributed by atoms with Gasteiger partial charge in [-0.2, -0.15) is 0 Å². The molecule has 1 aliphatic carbocycles. The first-order chi connectivity index (χ1) is 8.45. The molecule has 2 rings (SSSR count). The molecule has 1 fully saturated rings. The quantitative estimate of drug-likeness (QED) is 0.843. The predicted molar refractivity (Wildman–Crippen MR) is 71.4 cm³/mol.